The lowest BCUT2D eigenvalue weighted by molar-refractivity contribution is -0.118. The number of amides is 2. The highest BCUT2D eigenvalue weighted by atomic mass is 16.6. The van der Waals surface area contributed by atoms with Crippen molar-refractivity contribution in [3.05, 3.63) is 0 Å². The van der Waals surface area contributed by atoms with Gasteiger partial charge in [0.2, 0.25) is 5.91 Å². The van der Waals surface area contributed by atoms with Crippen molar-refractivity contribution in [3.63, 3.8) is 0 Å². The van der Waals surface area contributed by atoms with Gasteiger partial charge in [0, 0.05) is 39.1 Å². The van der Waals surface area contributed by atoms with Crippen molar-refractivity contribution in [1.29, 1.82) is 0 Å². The first kappa shape index (κ1) is 19.1. The summed E-state index contributed by atoms with van der Waals surface area (Å²) in [7, 11) is 0. The third-order valence-corrected chi connectivity index (χ3v) is 3.46. The molecule has 1 saturated heterocycles. The van der Waals surface area contributed by atoms with Crippen LogP contribution in [0.4, 0.5) is 4.79 Å². The fourth-order valence-corrected chi connectivity index (χ4v) is 2.33. The fourth-order valence-electron chi connectivity index (χ4n) is 2.33. The molecule has 0 atom stereocenters. The fraction of sp³-hybridized carbons (Fsp3) is 0.800. The van der Waals surface area contributed by atoms with Gasteiger partial charge < -0.3 is 25.6 Å². The molecule has 0 aromatic rings. The van der Waals surface area contributed by atoms with Crippen LogP contribution in [0.3, 0.4) is 0 Å². The Morgan fingerprint density at radius 1 is 1.22 bits per heavy atom. The molecule has 0 unspecified atom stereocenters. The van der Waals surface area contributed by atoms with Crippen LogP contribution in [-0.4, -0.2) is 68.2 Å². The van der Waals surface area contributed by atoms with Gasteiger partial charge in [-0.3, -0.25) is 9.79 Å². The zero-order chi connectivity index (χ0) is 17.1. The van der Waals surface area contributed by atoms with Crippen molar-refractivity contribution in [2.45, 2.75) is 39.7 Å². The maximum absolute atomic E-state index is 11.7. The first-order valence-corrected chi connectivity index (χ1v) is 8.27. The van der Waals surface area contributed by atoms with Crippen LogP contribution in [0.1, 0.15) is 33.6 Å². The van der Waals surface area contributed by atoms with Crippen LogP contribution in [-0.2, 0) is 9.53 Å². The SMILES string of the molecule is CCNC(=NCCNC(C)=O)NC1CCN(C(=O)OCC)CC1. The molecule has 0 saturated carbocycles. The van der Waals surface area contributed by atoms with Crippen molar-refractivity contribution in [2.75, 3.05) is 39.3 Å². The van der Waals surface area contributed by atoms with E-state index in [0.717, 1.165) is 25.3 Å². The molecular weight excluding hydrogens is 298 g/mol. The molecule has 1 rings (SSSR count). The second kappa shape index (κ2) is 10.7. The molecule has 0 spiro atoms. The number of guanidine groups is 1. The summed E-state index contributed by atoms with van der Waals surface area (Å²) in [6.45, 7) is 8.90. The predicted octanol–water partition coefficient (Wildman–Crippen LogP) is 0.299. The molecule has 1 aliphatic rings. The third-order valence-electron chi connectivity index (χ3n) is 3.46. The highest BCUT2D eigenvalue weighted by Gasteiger charge is 2.23. The van der Waals surface area contributed by atoms with E-state index in [0.29, 0.717) is 32.8 Å². The number of nitrogens with one attached hydrogen (secondary N) is 3. The van der Waals surface area contributed by atoms with Gasteiger partial charge in [0.05, 0.1) is 13.2 Å². The molecule has 0 aliphatic carbocycles. The van der Waals surface area contributed by atoms with Crippen LogP contribution < -0.4 is 16.0 Å². The van der Waals surface area contributed by atoms with E-state index in [4.69, 9.17) is 4.74 Å². The monoisotopic (exact) mass is 327 g/mol. The topological polar surface area (TPSA) is 95.1 Å². The number of hydrogen-bond acceptors (Lipinski definition) is 4. The molecule has 0 bridgehead atoms. The van der Waals surface area contributed by atoms with Gasteiger partial charge in [0.25, 0.3) is 0 Å². The van der Waals surface area contributed by atoms with E-state index < -0.39 is 0 Å². The summed E-state index contributed by atoms with van der Waals surface area (Å²) in [4.78, 5) is 28.7. The molecular formula is C15H29N5O3. The van der Waals surface area contributed by atoms with Gasteiger partial charge in [0.15, 0.2) is 5.96 Å². The average molecular weight is 327 g/mol. The molecule has 1 fully saturated rings. The number of nitrogens with zero attached hydrogens (tertiary/aromatic N) is 2. The zero-order valence-electron chi connectivity index (χ0n) is 14.4. The van der Waals surface area contributed by atoms with Crippen LogP contribution in [0.2, 0.25) is 0 Å². The molecule has 8 nitrogen and oxygen atoms in total. The summed E-state index contributed by atoms with van der Waals surface area (Å²) < 4.78 is 5.02. The van der Waals surface area contributed by atoms with Crippen LogP contribution in [0, 0.1) is 0 Å². The molecule has 0 aromatic heterocycles. The highest BCUT2D eigenvalue weighted by Crippen LogP contribution is 2.11. The predicted molar refractivity (Wildman–Crippen MR) is 89.4 cm³/mol. The number of carbonyl (C=O) groups is 2. The molecule has 132 valence electrons. The van der Waals surface area contributed by atoms with Gasteiger partial charge >= 0.3 is 6.09 Å². The number of hydrogen-bond donors (Lipinski definition) is 3. The summed E-state index contributed by atoms with van der Waals surface area (Å²) in [6, 6.07) is 0.277. The van der Waals surface area contributed by atoms with Crippen LogP contribution in [0.5, 0.6) is 0 Å². The summed E-state index contributed by atoms with van der Waals surface area (Å²) in [6.07, 6.45) is 1.48. The number of ether oxygens (including phenoxy) is 1. The minimum absolute atomic E-state index is 0.0514. The lowest BCUT2D eigenvalue weighted by Gasteiger charge is -2.32. The minimum Gasteiger partial charge on any atom is -0.450 e. The van der Waals surface area contributed by atoms with E-state index in [1.165, 1.54) is 6.92 Å². The van der Waals surface area contributed by atoms with Crippen molar-refractivity contribution in [3.8, 4) is 0 Å². The van der Waals surface area contributed by atoms with Crippen LogP contribution in [0.25, 0.3) is 0 Å². The van der Waals surface area contributed by atoms with E-state index in [2.05, 4.69) is 20.9 Å². The molecule has 1 heterocycles. The summed E-state index contributed by atoms with van der Waals surface area (Å²) in [5.74, 6) is 0.692. The van der Waals surface area contributed by atoms with Crippen molar-refractivity contribution in [1.82, 2.24) is 20.9 Å². The average Bonchev–Trinajstić information content (AvgIpc) is 2.52. The molecule has 3 N–H and O–H groups in total. The first-order chi connectivity index (χ1) is 11.1. The Morgan fingerprint density at radius 3 is 2.48 bits per heavy atom. The number of piperidine rings is 1. The molecule has 1 aliphatic heterocycles. The maximum Gasteiger partial charge on any atom is 0.409 e. The smallest absolute Gasteiger partial charge is 0.409 e. The van der Waals surface area contributed by atoms with E-state index in [9.17, 15) is 9.59 Å². The van der Waals surface area contributed by atoms with Crippen LogP contribution in [0.15, 0.2) is 4.99 Å². The molecule has 0 aromatic carbocycles. The van der Waals surface area contributed by atoms with Gasteiger partial charge in [0.1, 0.15) is 0 Å². The van der Waals surface area contributed by atoms with Crippen LogP contribution >= 0.6 is 0 Å². The quantitative estimate of drug-likeness (QED) is 0.370. The zero-order valence-corrected chi connectivity index (χ0v) is 14.4. The van der Waals surface area contributed by atoms with Gasteiger partial charge in [-0.15, -0.1) is 0 Å². The van der Waals surface area contributed by atoms with Gasteiger partial charge in [-0.1, -0.05) is 0 Å². The number of rotatable bonds is 6. The Labute approximate surface area is 138 Å². The summed E-state index contributed by atoms with van der Waals surface area (Å²) in [5, 5.41) is 9.29. The Hall–Kier alpha value is -1.99. The summed E-state index contributed by atoms with van der Waals surface area (Å²) in [5.41, 5.74) is 0. The van der Waals surface area contributed by atoms with Crippen molar-refractivity contribution in [2.24, 2.45) is 4.99 Å². The molecule has 8 heteroatoms. The van der Waals surface area contributed by atoms with Gasteiger partial charge in [-0.2, -0.15) is 0 Å². The maximum atomic E-state index is 11.7. The molecule has 23 heavy (non-hydrogen) atoms. The highest BCUT2D eigenvalue weighted by molar-refractivity contribution is 5.80. The Kier molecular flexibility index (Phi) is 8.86. The number of aliphatic imine (C=N–C) groups is 1. The lowest BCUT2D eigenvalue weighted by Crippen LogP contribution is -2.50. The van der Waals surface area contributed by atoms with Gasteiger partial charge in [-0.05, 0) is 26.7 Å². The lowest BCUT2D eigenvalue weighted by atomic mass is 10.1. The van der Waals surface area contributed by atoms with Gasteiger partial charge in [-0.25, -0.2) is 4.79 Å². The number of carbonyl (C=O) groups excluding carboxylic acids is 2. The number of likely N-dealkylation sites (tertiary alicyclic amines) is 1. The molecule has 0 radical (unpaired) electrons. The Bertz CT molecular complexity index is 406. The molecule has 2 amide bonds. The van der Waals surface area contributed by atoms with E-state index in [1.807, 2.05) is 13.8 Å². The van der Waals surface area contributed by atoms with Crippen molar-refractivity contribution < 1.29 is 14.3 Å². The van der Waals surface area contributed by atoms with E-state index in [1.54, 1.807) is 4.90 Å². The van der Waals surface area contributed by atoms with E-state index >= 15 is 0 Å². The second-order valence-electron chi connectivity index (χ2n) is 5.35. The standard InChI is InChI=1S/C15H29N5O3/c1-4-16-14(18-9-8-17-12(3)21)19-13-6-10-20(11-7-13)15(22)23-5-2/h13H,4-11H2,1-3H3,(H,17,21)(H2,16,18,19). The summed E-state index contributed by atoms with van der Waals surface area (Å²) >= 11 is 0. The van der Waals surface area contributed by atoms with Crippen molar-refractivity contribution >= 4 is 18.0 Å². The minimum atomic E-state index is -0.234. The second-order valence-corrected chi connectivity index (χ2v) is 5.35. The Balaban J connectivity index is 2.38. The Morgan fingerprint density at radius 2 is 1.91 bits per heavy atom. The van der Waals surface area contributed by atoms with E-state index in [-0.39, 0.29) is 18.0 Å². The normalized spacial score (nSPS) is 16.0. The largest absolute Gasteiger partial charge is 0.450 e. The third kappa shape index (κ3) is 7.71. The first-order valence-electron chi connectivity index (χ1n) is 8.27.